The third kappa shape index (κ3) is 8.10. The van der Waals surface area contributed by atoms with Crippen molar-refractivity contribution in [2.24, 2.45) is 23.7 Å². The van der Waals surface area contributed by atoms with Crippen LogP contribution in [0, 0.1) is 23.7 Å². The minimum absolute atomic E-state index is 0.00294. The third-order valence-electron chi connectivity index (χ3n) is 10.6. The lowest BCUT2D eigenvalue weighted by Crippen LogP contribution is -2.62. The van der Waals surface area contributed by atoms with Crippen LogP contribution in [0.1, 0.15) is 110 Å². The molecule has 2 N–H and O–H groups in total. The first kappa shape index (κ1) is 34.6. The number of cyclic esters (lactones) is 1. The van der Waals surface area contributed by atoms with Crippen LogP contribution in [0.25, 0.3) is 0 Å². The second-order valence-corrected chi connectivity index (χ2v) is 13.8. The fourth-order valence-corrected chi connectivity index (χ4v) is 7.50. The van der Waals surface area contributed by atoms with Crippen LogP contribution in [-0.4, -0.2) is 69.5 Å². The summed E-state index contributed by atoms with van der Waals surface area (Å²) in [6.07, 6.45) is 8.13. The van der Waals surface area contributed by atoms with Crippen LogP contribution in [0.5, 0.6) is 0 Å². The highest BCUT2D eigenvalue weighted by Gasteiger charge is 2.55. The first-order chi connectivity index (χ1) is 21.1. The highest BCUT2D eigenvalue weighted by Crippen LogP contribution is 2.36. The zero-order valence-corrected chi connectivity index (χ0v) is 27.3. The molecule has 0 aromatic heterocycles. The molecule has 3 unspecified atom stereocenters. The van der Waals surface area contributed by atoms with Crippen LogP contribution >= 0.6 is 0 Å². The maximum Gasteiger partial charge on any atom is 0.329 e. The molecule has 1 amide bonds. The van der Waals surface area contributed by atoms with Crippen molar-refractivity contribution in [3.05, 3.63) is 35.9 Å². The van der Waals surface area contributed by atoms with Crippen molar-refractivity contribution < 1.29 is 34.1 Å². The molecule has 9 atom stereocenters. The molecule has 0 spiro atoms. The number of carbonyl (C=O) groups is 3. The van der Waals surface area contributed by atoms with E-state index in [0.717, 1.165) is 57.8 Å². The van der Waals surface area contributed by atoms with Gasteiger partial charge in [0, 0.05) is 18.4 Å². The molecule has 3 aliphatic rings. The van der Waals surface area contributed by atoms with Crippen LogP contribution in [0.3, 0.4) is 0 Å². The summed E-state index contributed by atoms with van der Waals surface area (Å²) in [5, 5.41) is 23.1. The number of carbonyl (C=O) groups excluding carboxylic acids is 3. The number of aliphatic hydroxyl groups is 2. The standard InChI is InChI=1S/C36H55NO7/c1-5-28(23-27-16-10-8-11-17-27)31-19-12-7-6-9-15-24(2)32(38)26(4)30-21-20-25(3)33(39)36(42,44-30)35(41)37-22-14-13-18-29(37)34(40)43-31/h8,10-11,16-17,24-26,28-32,38,42H,5-7,9,12-15,18-23H2,1-4H3/t24-,25-,26+,28?,29?,30+,31+,32+,36?/m1/s1. The third-order valence-corrected chi connectivity index (χ3v) is 10.6. The Kier molecular flexibility index (Phi) is 12.4. The van der Waals surface area contributed by atoms with Gasteiger partial charge in [-0.3, -0.25) is 9.59 Å². The molecule has 3 aliphatic heterocycles. The largest absolute Gasteiger partial charge is 0.461 e. The van der Waals surface area contributed by atoms with Crippen LogP contribution in [0.2, 0.25) is 0 Å². The van der Waals surface area contributed by atoms with Gasteiger partial charge in [0.1, 0.15) is 12.1 Å². The van der Waals surface area contributed by atoms with E-state index in [2.05, 4.69) is 19.1 Å². The van der Waals surface area contributed by atoms with Crippen molar-refractivity contribution in [3.63, 3.8) is 0 Å². The van der Waals surface area contributed by atoms with E-state index in [9.17, 15) is 24.6 Å². The fraction of sp³-hybridized carbons (Fsp3) is 0.750. The lowest BCUT2D eigenvalue weighted by Gasteiger charge is -2.41. The number of rotatable bonds is 4. The summed E-state index contributed by atoms with van der Waals surface area (Å²) in [6, 6.07) is 9.34. The zero-order valence-electron chi connectivity index (χ0n) is 27.3. The molecule has 246 valence electrons. The molecular formula is C36H55NO7. The Bertz CT molecular complexity index is 1100. The smallest absolute Gasteiger partial charge is 0.329 e. The number of benzene rings is 1. The Morgan fingerprint density at radius 2 is 1.59 bits per heavy atom. The summed E-state index contributed by atoms with van der Waals surface area (Å²) < 4.78 is 12.4. The maximum absolute atomic E-state index is 14.2. The predicted octanol–water partition coefficient (Wildman–Crippen LogP) is 5.61. The second-order valence-electron chi connectivity index (χ2n) is 13.8. The van der Waals surface area contributed by atoms with Crippen molar-refractivity contribution >= 4 is 17.7 Å². The van der Waals surface area contributed by atoms with Gasteiger partial charge in [0.25, 0.3) is 5.91 Å². The number of amides is 1. The van der Waals surface area contributed by atoms with Crippen molar-refractivity contribution in [1.82, 2.24) is 4.90 Å². The normalized spacial score (nSPS) is 35.9. The van der Waals surface area contributed by atoms with Gasteiger partial charge in [-0.25, -0.2) is 4.79 Å². The zero-order chi connectivity index (χ0) is 31.9. The van der Waals surface area contributed by atoms with Crippen LogP contribution < -0.4 is 0 Å². The highest BCUT2D eigenvalue weighted by atomic mass is 16.6. The molecule has 0 saturated carbocycles. The summed E-state index contributed by atoms with van der Waals surface area (Å²) in [7, 11) is 0. The summed E-state index contributed by atoms with van der Waals surface area (Å²) in [5.41, 5.74) is 1.20. The molecule has 4 rings (SSSR count). The van der Waals surface area contributed by atoms with Gasteiger partial charge in [0.15, 0.2) is 0 Å². The van der Waals surface area contributed by atoms with Crippen LogP contribution in [0.4, 0.5) is 0 Å². The molecule has 0 aliphatic carbocycles. The molecule has 3 saturated heterocycles. The van der Waals surface area contributed by atoms with Crippen molar-refractivity contribution in [3.8, 4) is 0 Å². The number of piperidine rings is 1. The number of fused-ring (bicyclic) bond motifs is 3. The van der Waals surface area contributed by atoms with Gasteiger partial charge in [-0.2, -0.15) is 0 Å². The van der Waals surface area contributed by atoms with Gasteiger partial charge in [0.2, 0.25) is 5.78 Å². The topological polar surface area (TPSA) is 113 Å². The number of esters is 1. The van der Waals surface area contributed by atoms with E-state index in [1.165, 1.54) is 10.5 Å². The predicted molar refractivity (Wildman–Crippen MR) is 168 cm³/mol. The van der Waals surface area contributed by atoms with E-state index in [1.807, 2.05) is 32.0 Å². The van der Waals surface area contributed by atoms with Gasteiger partial charge in [-0.1, -0.05) is 77.3 Å². The second kappa shape index (κ2) is 15.8. The average molecular weight is 614 g/mol. The Labute approximate surface area is 263 Å². The number of nitrogens with zero attached hydrogens (tertiary/aromatic N) is 1. The number of hydrogen-bond acceptors (Lipinski definition) is 7. The molecule has 8 nitrogen and oxygen atoms in total. The highest BCUT2D eigenvalue weighted by molar-refractivity contribution is 6.09. The number of ether oxygens (including phenoxy) is 2. The maximum atomic E-state index is 14.2. The number of aliphatic hydroxyl groups excluding tert-OH is 1. The van der Waals surface area contributed by atoms with Crippen LogP contribution in [-0.2, 0) is 30.3 Å². The molecule has 2 bridgehead atoms. The van der Waals surface area contributed by atoms with Crippen LogP contribution in [0.15, 0.2) is 30.3 Å². The van der Waals surface area contributed by atoms with Crippen molar-refractivity contribution in [2.45, 2.75) is 141 Å². The quantitative estimate of drug-likeness (QED) is 0.335. The molecular weight excluding hydrogens is 558 g/mol. The van der Waals surface area contributed by atoms with Crippen molar-refractivity contribution in [2.75, 3.05) is 6.54 Å². The lowest BCUT2D eigenvalue weighted by atomic mass is 9.84. The SMILES string of the molecule is CCC(Cc1ccccc1)[C@@H]1CCCCCC[C@@H](C)[C@H](O)[C@@H](C)[C@@H]2CC[C@@H](C)C(=O)C(O)(O2)C(=O)N2CCCCC2C(=O)O1. The number of ketones is 1. The minimum atomic E-state index is -2.71. The van der Waals surface area contributed by atoms with Gasteiger partial charge in [0.05, 0.1) is 12.2 Å². The molecule has 1 aromatic carbocycles. The molecule has 0 radical (unpaired) electrons. The van der Waals surface area contributed by atoms with Gasteiger partial charge < -0.3 is 24.6 Å². The molecule has 44 heavy (non-hydrogen) atoms. The molecule has 1 aromatic rings. The van der Waals surface area contributed by atoms with E-state index < -0.39 is 47.6 Å². The summed E-state index contributed by atoms with van der Waals surface area (Å²) in [6.45, 7) is 7.97. The number of hydrogen-bond donors (Lipinski definition) is 2. The Balaban J connectivity index is 1.66. The van der Waals surface area contributed by atoms with Crippen molar-refractivity contribution in [1.29, 1.82) is 0 Å². The van der Waals surface area contributed by atoms with E-state index in [4.69, 9.17) is 9.47 Å². The summed E-state index contributed by atoms with van der Waals surface area (Å²) >= 11 is 0. The Morgan fingerprint density at radius 1 is 0.909 bits per heavy atom. The molecule has 8 heteroatoms. The van der Waals surface area contributed by atoms with Gasteiger partial charge >= 0.3 is 11.8 Å². The first-order valence-electron chi connectivity index (χ1n) is 17.2. The summed E-state index contributed by atoms with van der Waals surface area (Å²) in [4.78, 5) is 43.0. The Hall–Kier alpha value is -2.29. The Morgan fingerprint density at radius 3 is 2.30 bits per heavy atom. The minimum Gasteiger partial charge on any atom is -0.461 e. The number of Topliss-reactive ketones (excluding diaryl/α,β-unsaturated/α-hetero) is 1. The van der Waals surface area contributed by atoms with Gasteiger partial charge in [-0.05, 0) is 81.6 Å². The van der Waals surface area contributed by atoms with E-state index in [0.29, 0.717) is 25.7 Å². The van der Waals surface area contributed by atoms with E-state index in [1.54, 1.807) is 6.92 Å². The summed E-state index contributed by atoms with van der Waals surface area (Å²) in [5.74, 6) is -5.62. The van der Waals surface area contributed by atoms with Gasteiger partial charge in [-0.15, -0.1) is 0 Å². The fourth-order valence-electron chi connectivity index (χ4n) is 7.50. The first-order valence-corrected chi connectivity index (χ1v) is 17.2. The monoisotopic (exact) mass is 613 g/mol. The van der Waals surface area contributed by atoms with E-state index in [-0.39, 0.29) is 30.4 Å². The molecule has 3 fully saturated rings. The lowest BCUT2D eigenvalue weighted by molar-refractivity contribution is -0.237. The molecule has 3 heterocycles. The van der Waals surface area contributed by atoms with E-state index >= 15 is 0 Å². The average Bonchev–Trinajstić information content (AvgIpc) is 3.15.